The minimum atomic E-state index is -0.166. The zero-order valence-corrected chi connectivity index (χ0v) is 17.8. The van der Waals surface area contributed by atoms with Crippen molar-refractivity contribution in [2.24, 2.45) is 0 Å². The predicted octanol–water partition coefficient (Wildman–Crippen LogP) is 5.28. The smallest absolute Gasteiger partial charge is 0.264 e. The number of anilines is 1. The molecule has 4 aromatic rings. The summed E-state index contributed by atoms with van der Waals surface area (Å²) in [5, 5.41) is 3.34. The molecule has 0 fully saturated rings. The zero-order valence-electron chi connectivity index (χ0n) is 17.0. The number of nitrogens with zero attached hydrogens (tertiary/aromatic N) is 2. The van der Waals surface area contributed by atoms with Gasteiger partial charge in [-0.05, 0) is 30.7 Å². The van der Waals surface area contributed by atoms with Gasteiger partial charge in [0.15, 0.2) is 5.16 Å². The molecule has 1 amide bonds. The van der Waals surface area contributed by atoms with Gasteiger partial charge >= 0.3 is 0 Å². The molecule has 6 heteroatoms. The summed E-state index contributed by atoms with van der Waals surface area (Å²) in [7, 11) is 0. The highest BCUT2D eigenvalue weighted by molar-refractivity contribution is 7.99. The summed E-state index contributed by atoms with van der Waals surface area (Å²) in [5.74, 6) is -0.183. The van der Waals surface area contributed by atoms with Gasteiger partial charge in [-0.15, -0.1) is 0 Å². The van der Waals surface area contributed by atoms with Gasteiger partial charge in [0.2, 0.25) is 5.91 Å². The van der Waals surface area contributed by atoms with Crippen molar-refractivity contribution >= 4 is 29.3 Å². The van der Waals surface area contributed by atoms with Crippen molar-refractivity contribution in [3.63, 3.8) is 0 Å². The standard InChI is InChI=1S/C25H21N3O2S/c1-18-10-8-9-15-21(18)24(30)28-22(19-11-4-2-5-12-19)16-26-25(28)31-17-23(29)27-20-13-6-3-7-14-20/h2-16H,17H2,1H3,(H,27,29). The fraction of sp³-hybridized carbons (Fsp3) is 0.0800. The van der Waals surface area contributed by atoms with E-state index in [9.17, 15) is 9.59 Å². The highest BCUT2D eigenvalue weighted by atomic mass is 32.2. The number of hydrogen-bond acceptors (Lipinski definition) is 4. The third-order valence-electron chi connectivity index (χ3n) is 4.77. The zero-order chi connectivity index (χ0) is 21.6. The average molecular weight is 428 g/mol. The van der Waals surface area contributed by atoms with Crippen LogP contribution in [0.4, 0.5) is 5.69 Å². The van der Waals surface area contributed by atoms with Crippen LogP contribution >= 0.6 is 11.8 Å². The van der Waals surface area contributed by atoms with Gasteiger partial charge in [-0.1, -0.05) is 78.5 Å². The Bertz CT molecular complexity index is 1200. The number of carbonyl (C=O) groups excluding carboxylic acids is 2. The molecule has 0 unspecified atom stereocenters. The van der Waals surface area contributed by atoms with Crippen LogP contribution in [0.2, 0.25) is 0 Å². The van der Waals surface area contributed by atoms with Crippen molar-refractivity contribution in [2.75, 3.05) is 11.1 Å². The van der Waals surface area contributed by atoms with Crippen LogP contribution in [-0.2, 0) is 4.79 Å². The molecule has 154 valence electrons. The van der Waals surface area contributed by atoms with E-state index in [2.05, 4.69) is 10.3 Å². The Morgan fingerprint density at radius 1 is 0.903 bits per heavy atom. The maximum atomic E-state index is 13.5. The molecule has 0 saturated heterocycles. The number of aromatic nitrogens is 2. The number of thioether (sulfide) groups is 1. The highest BCUT2D eigenvalue weighted by Gasteiger charge is 2.21. The van der Waals surface area contributed by atoms with E-state index >= 15 is 0 Å². The van der Waals surface area contributed by atoms with Crippen molar-refractivity contribution in [3.05, 3.63) is 102 Å². The Labute approximate surface area is 185 Å². The lowest BCUT2D eigenvalue weighted by Crippen LogP contribution is -2.18. The Balaban J connectivity index is 1.63. The first kappa shape index (κ1) is 20.6. The average Bonchev–Trinajstić information content (AvgIpc) is 3.23. The number of carbonyl (C=O) groups is 2. The first-order valence-electron chi connectivity index (χ1n) is 9.84. The SMILES string of the molecule is Cc1ccccc1C(=O)n1c(-c2ccccc2)cnc1SCC(=O)Nc1ccccc1. The maximum absolute atomic E-state index is 13.5. The molecule has 0 aliphatic rings. The van der Waals surface area contributed by atoms with Crippen LogP contribution in [-0.4, -0.2) is 27.1 Å². The molecule has 3 aromatic carbocycles. The normalized spacial score (nSPS) is 10.6. The Morgan fingerprint density at radius 3 is 2.26 bits per heavy atom. The number of amides is 1. The number of nitrogens with one attached hydrogen (secondary N) is 1. The summed E-state index contributed by atoms with van der Waals surface area (Å²) in [6, 6.07) is 26.4. The number of para-hydroxylation sites is 1. The molecule has 0 aliphatic carbocycles. The lowest BCUT2D eigenvalue weighted by Gasteiger charge is -2.12. The van der Waals surface area contributed by atoms with Crippen molar-refractivity contribution < 1.29 is 9.59 Å². The fourth-order valence-corrected chi connectivity index (χ4v) is 4.00. The van der Waals surface area contributed by atoms with Crippen molar-refractivity contribution in [2.45, 2.75) is 12.1 Å². The molecule has 0 saturated carbocycles. The molecule has 5 nitrogen and oxygen atoms in total. The fourth-order valence-electron chi connectivity index (χ4n) is 3.23. The molecular formula is C25H21N3O2S. The second-order valence-corrected chi connectivity index (χ2v) is 7.89. The van der Waals surface area contributed by atoms with Gasteiger partial charge in [-0.25, -0.2) is 4.98 Å². The van der Waals surface area contributed by atoms with Gasteiger partial charge in [0, 0.05) is 16.8 Å². The molecule has 1 aromatic heterocycles. The summed E-state index contributed by atoms with van der Waals surface area (Å²) >= 11 is 1.24. The molecule has 4 rings (SSSR count). The van der Waals surface area contributed by atoms with Gasteiger partial charge in [0.05, 0.1) is 17.6 Å². The van der Waals surface area contributed by atoms with E-state index in [0.717, 1.165) is 16.8 Å². The van der Waals surface area contributed by atoms with Gasteiger partial charge in [-0.3, -0.25) is 14.2 Å². The Kier molecular flexibility index (Phi) is 6.29. The summed E-state index contributed by atoms with van der Waals surface area (Å²) in [4.78, 5) is 30.4. The van der Waals surface area contributed by atoms with Gasteiger partial charge < -0.3 is 5.32 Å². The topological polar surface area (TPSA) is 64.0 Å². The summed E-state index contributed by atoms with van der Waals surface area (Å²) in [5.41, 5.74) is 3.81. The second kappa shape index (κ2) is 9.45. The number of aryl methyl sites for hydroxylation is 1. The van der Waals surface area contributed by atoms with Crippen molar-refractivity contribution in [1.29, 1.82) is 0 Å². The highest BCUT2D eigenvalue weighted by Crippen LogP contribution is 2.28. The third-order valence-corrected chi connectivity index (χ3v) is 5.72. The van der Waals surface area contributed by atoms with Crippen LogP contribution in [0.25, 0.3) is 11.3 Å². The van der Waals surface area contributed by atoms with E-state index in [0.29, 0.717) is 16.4 Å². The number of hydrogen-bond donors (Lipinski definition) is 1. The predicted molar refractivity (Wildman–Crippen MR) is 124 cm³/mol. The maximum Gasteiger partial charge on any atom is 0.264 e. The number of benzene rings is 3. The summed E-state index contributed by atoms with van der Waals surface area (Å²) < 4.78 is 1.60. The Morgan fingerprint density at radius 2 is 1.55 bits per heavy atom. The van der Waals surface area contributed by atoms with E-state index in [4.69, 9.17) is 0 Å². The lowest BCUT2D eigenvalue weighted by atomic mass is 10.1. The minimum Gasteiger partial charge on any atom is -0.325 e. The van der Waals surface area contributed by atoms with E-state index in [-0.39, 0.29) is 17.6 Å². The van der Waals surface area contributed by atoms with Crippen LogP contribution < -0.4 is 5.32 Å². The first-order chi connectivity index (χ1) is 15.1. The molecule has 31 heavy (non-hydrogen) atoms. The molecule has 0 aliphatic heterocycles. The van der Waals surface area contributed by atoms with Gasteiger partial charge in [-0.2, -0.15) is 0 Å². The van der Waals surface area contributed by atoms with Crippen LogP contribution in [0.15, 0.2) is 96.3 Å². The largest absolute Gasteiger partial charge is 0.325 e. The molecule has 0 radical (unpaired) electrons. The van der Waals surface area contributed by atoms with Crippen molar-refractivity contribution in [1.82, 2.24) is 9.55 Å². The quantitative estimate of drug-likeness (QED) is 0.425. The number of rotatable bonds is 6. The van der Waals surface area contributed by atoms with Crippen LogP contribution in [0.5, 0.6) is 0 Å². The summed E-state index contributed by atoms with van der Waals surface area (Å²) in [6.07, 6.45) is 1.68. The van der Waals surface area contributed by atoms with E-state index in [1.807, 2.05) is 91.9 Å². The minimum absolute atomic E-state index is 0.140. The second-order valence-electron chi connectivity index (χ2n) is 6.95. The van der Waals surface area contributed by atoms with Crippen LogP contribution in [0.1, 0.15) is 15.9 Å². The van der Waals surface area contributed by atoms with E-state index in [1.54, 1.807) is 10.8 Å². The molecular weight excluding hydrogens is 406 g/mol. The molecule has 1 heterocycles. The molecule has 1 N–H and O–H groups in total. The molecule has 0 spiro atoms. The lowest BCUT2D eigenvalue weighted by molar-refractivity contribution is -0.113. The molecule has 0 atom stereocenters. The van der Waals surface area contributed by atoms with E-state index < -0.39 is 0 Å². The monoisotopic (exact) mass is 427 g/mol. The number of imidazole rings is 1. The molecule has 0 bridgehead atoms. The van der Waals surface area contributed by atoms with Crippen molar-refractivity contribution in [3.8, 4) is 11.3 Å². The van der Waals surface area contributed by atoms with Gasteiger partial charge in [0.25, 0.3) is 5.91 Å². The Hall–Kier alpha value is -3.64. The van der Waals surface area contributed by atoms with Crippen LogP contribution in [0.3, 0.4) is 0 Å². The van der Waals surface area contributed by atoms with Gasteiger partial charge in [0.1, 0.15) is 0 Å². The first-order valence-corrected chi connectivity index (χ1v) is 10.8. The summed E-state index contributed by atoms with van der Waals surface area (Å²) in [6.45, 7) is 1.91. The van der Waals surface area contributed by atoms with E-state index in [1.165, 1.54) is 11.8 Å². The third kappa shape index (κ3) is 4.75. The van der Waals surface area contributed by atoms with Crippen LogP contribution in [0, 0.1) is 6.92 Å².